The third kappa shape index (κ3) is 3.05. The Kier molecular flexibility index (Phi) is 4.47. The van der Waals surface area contributed by atoms with Gasteiger partial charge in [-0.05, 0) is 23.5 Å². The zero-order chi connectivity index (χ0) is 21.5. The first-order valence-electron chi connectivity index (χ1n) is 8.51. The van der Waals surface area contributed by atoms with Crippen molar-refractivity contribution in [2.45, 2.75) is 18.0 Å². The van der Waals surface area contributed by atoms with Gasteiger partial charge >= 0.3 is 12.0 Å². The lowest BCUT2D eigenvalue weighted by molar-refractivity contribution is -0.389. The lowest BCUT2D eigenvalue weighted by atomic mass is 9.86. The smallest absolute Gasteiger partial charge is 0.358 e. The summed E-state index contributed by atoms with van der Waals surface area (Å²) in [4.78, 5) is 31.3. The second kappa shape index (κ2) is 6.89. The van der Waals surface area contributed by atoms with Gasteiger partial charge in [0.2, 0.25) is 11.7 Å². The number of aromatic amines is 1. The van der Waals surface area contributed by atoms with Crippen LogP contribution in [0.2, 0.25) is 0 Å². The summed E-state index contributed by atoms with van der Waals surface area (Å²) in [5, 5.41) is 20.1. The van der Waals surface area contributed by atoms with Crippen molar-refractivity contribution in [2.24, 2.45) is 0 Å². The largest absolute Gasteiger partial charge is 0.405 e. The number of nitrogens with zero attached hydrogens (tertiary/aromatic N) is 6. The number of hydrogen-bond donors (Lipinski definition) is 1. The van der Waals surface area contributed by atoms with Gasteiger partial charge in [-0.1, -0.05) is 10.3 Å². The van der Waals surface area contributed by atoms with Crippen LogP contribution in [0.4, 0.5) is 19.0 Å². The average molecular weight is 423 g/mol. The van der Waals surface area contributed by atoms with E-state index in [4.69, 9.17) is 4.52 Å². The van der Waals surface area contributed by atoms with Crippen molar-refractivity contribution in [3.8, 4) is 11.4 Å². The fourth-order valence-electron chi connectivity index (χ4n) is 3.29. The van der Waals surface area contributed by atoms with Crippen molar-refractivity contribution < 1.29 is 27.4 Å². The molecule has 4 heterocycles. The van der Waals surface area contributed by atoms with Crippen LogP contribution in [-0.2, 0) is 5.41 Å². The number of alkyl halides is 3. The molecule has 1 amide bonds. The van der Waals surface area contributed by atoms with E-state index in [1.165, 1.54) is 24.5 Å². The topological polar surface area (TPSA) is 144 Å². The second-order valence-electron chi connectivity index (χ2n) is 6.60. The predicted molar refractivity (Wildman–Crippen MR) is 91.0 cm³/mol. The van der Waals surface area contributed by atoms with Crippen LogP contribution in [0, 0.1) is 10.1 Å². The van der Waals surface area contributed by atoms with E-state index in [1.807, 2.05) is 5.10 Å². The lowest BCUT2D eigenvalue weighted by Gasteiger charge is -2.27. The van der Waals surface area contributed by atoms with E-state index in [0.717, 1.165) is 11.1 Å². The first-order valence-corrected chi connectivity index (χ1v) is 8.51. The van der Waals surface area contributed by atoms with E-state index in [-0.39, 0.29) is 12.4 Å². The maximum Gasteiger partial charge on any atom is 0.405 e. The fourth-order valence-corrected chi connectivity index (χ4v) is 3.29. The number of carbonyl (C=O) groups excluding carboxylic acids is 1. The van der Waals surface area contributed by atoms with Gasteiger partial charge in [0.1, 0.15) is 0 Å². The molecule has 11 nitrogen and oxygen atoms in total. The van der Waals surface area contributed by atoms with Crippen LogP contribution in [0.3, 0.4) is 0 Å². The molecule has 3 aromatic heterocycles. The van der Waals surface area contributed by atoms with E-state index in [2.05, 4.69) is 20.2 Å². The minimum absolute atomic E-state index is 0.0497. The first-order chi connectivity index (χ1) is 14.2. The van der Waals surface area contributed by atoms with Gasteiger partial charge in [-0.2, -0.15) is 18.2 Å². The monoisotopic (exact) mass is 423 g/mol. The Labute approximate surface area is 165 Å². The van der Waals surface area contributed by atoms with Gasteiger partial charge in [-0.25, -0.2) is 0 Å². The summed E-state index contributed by atoms with van der Waals surface area (Å²) >= 11 is 0. The summed E-state index contributed by atoms with van der Waals surface area (Å²) in [6, 6.07) is 3.02. The molecule has 0 bridgehead atoms. The van der Waals surface area contributed by atoms with Gasteiger partial charge in [0, 0.05) is 31.0 Å². The molecule has 1 atom stereocenters. The maximum atomic E-state index is 14.1. The fraction of sp³-hybridized carbons (Fsp3) is 0.312. The highest BCUT2D eigenvalue weighted by atomic mass is 19.4. The van der Waals surface area contributed by atoms with E-state index >= 15 is 0 Å². The van der Waals surface area contributed by atoms with Crippen LogP contribution in [0.15, 0.2) is 35.2 Å². The molecule has 4 rings (SSSR count). The van der Waals surface area contributed by atoms with Gasteiger partial charge < -0.3 is 19.5 Å². The molecule has 30 heavy (non-hydrogen) atoms. The van der Waals surface area contributed by atoms with E-state index in [9.17, 15) is 28.1 Å². The maximum absolute atomic E-state index is 14.1. The van der Waals surface area contributed by atoms with Crippen molar-refractivity contribution in [3.05, 3.63) is 52.3 Å². The Bertz CT molecular complexity index is 1100. The van der Waals surface area contributed by atoms with E-state index < -0.39 is 52.7 Å². The van der Waals surface area contributed by atoms with Crippen molar-refractivity contribution in [1.82, 2.24) is 30.2 Å². The van der Waals surface area contributed by atoms with Crippen LogP contribution < -0.4 is 0 Å². The standard InChI is InChI=1S/C16H12F3N7O4/c17-16(18,19)15(14-22-11(24-30-14)9-1-4-20-5-2-9)3-6-25(8-15)13(27)10-7-21-23-12(10)26(28)29/h1-2,4-5,7H,3,6,8H2,(H,21,23). The Morgan fingerprint density at radius 2 is 2.07 bits per heavy atom. The molecule has 0 radical (unpaired) electrons. The van der Waals surface area contributed by atoms with Crippen LogP contribution in [0.1, 0.15) is 22.7 Å². The summed E-state index contributed by atoms with van der Waals surface area (Å²) in [6.07, 6.45) is -1.59. The number of likely N-dealkylation sites (tertiary alicyclic amines) is 1. The lowest BCUT2D eigenvalue weighted by Crippen LogP contribution is -2.46. The number of aromatic nitrogens is 5. The number of carbonyl (C=O) groups is 1. The van der Waals surface area contributed by atoms with Gasteiger partial charge in [-0.3, -0.25) is 9.78 Å². The highest BCUT2D eigenvalue weighted by Crippen LogP contribution is 2.47. The Hall–Kier alpha value is -3.84. The molecule has 1 aliphatic rings. The third-order valence-electron chi connectivity index (χ3n) is 4.91. The first kappa shape index (κ1) is 19.5. The molecule has 156 valence electrons. The van der Waals surface area contributed by atoms with Crippen LogP contribution in [0.5, 0.6) is 0 Å². The molecule has 0 spiro atoms. The zero-order valence-electron chi connectivity index (χ0n) is 15.0. The summed E-state index contributed by atoms with van der Waals surface area (Å²) in [5.41, 5.74) is -2.61. The number of H-pyrrole nitrogens is 1. The third-order valence-corrected chi connectivity index (χ3v) is 4.91. The minimum Gasteiger partial charge on any atom is -0.358 e. The van der Waals surface area contributed by atoms with Gasteiger partial charge in [0.05, 0.1) is 6.20 Å². The normalized spacial score (nSPS) is 19.2. The van der Waals surface area contributed by atoms with Crippen LogP contribution in [-0.4, -0.2) is 60.3 Å². The summed E-state index contributed by atoms with van der Waals surface area (Å²) in [7, 11) is 0. The number of nitrogens with one attached hydrogen (secondary N) is 1. The van der Waals surface area contributed by atoms with Crippen molar-refractivity contribution in [3.63, 3.8) is 0 Å². The molecule has 1 saturated heterocycles. The molecule has 1 unspecified atom stereocenters. The highest BCUT2D eigenvalue weighted by molar-refractivity contribution is 5.97. The number of hydrogen-bond acceptors (Lipinski definition) is 8. The molecule has 1 fully saturated rings. The average Bonchev–Trinajstić information content (AvgIpc) is 3.46. The molecule has 0 aromatic carbocycles. The Morgan fingerprint density at radius 3 is 2.73 bits per heavy atom. The number of nitro groups is 1. The van der Waals surface area contributed by atoms with E-state index in [1.54, 1.807) is 0 Å². The summed E-state index contributed by atoms with van der Waals surface area (Å²) in [6.45, 7) is -1.14. The summed E-state index contributed by atoms with van der Waals surface area (Å²) in [5.74, 6) is -2.37. The number of rotatable bonds is 4. The van der Waals surface area contributed by atoms with Crippen molar-refractivity contribution in [2.75, 3.05) is 13.1 Å². The second-order valence-corrected chi connectivity index (χ2v) is 6.60. The summed E-state index contributed by atoms with van der Waals surface area (Å²) < 4.78 is 47.2. The SMILES string of the molecule is O=C(c1cn[nH]c1[N+](=O)[O-])N1CCC(c2nc(-c3ccncc3)no2)(C(F)(F)F)C1. The number of amides is 1. The highest BCUT2D eigenvalue weighted by Gasteiger charge is 2.63. The van der Waals surface area contributed by atoms with Gasteiger partial charge in [-0.15, -0.1) is 5.10 Å². The van der Waals surface area contributed by atoms with Gasteiger partial charge in [0.25, 0.3) is 5.91 Å². The van der Waals surface area contributed by atoms with Crippen LogP contribution in [0.25, 0.3) is 11.4 Å². The molecule has 14 heteroatoms. The molecule has 0 aliphatic carbocycles. The molecular weight excluding hydrogens is 411 g/mol. The molecule has 0 saturated carbocycles. The molecule has 1 N–H and O–H groups in total. The quantitative estimate of drug-likeness (QED) is 0.496. The van der Waals surface area contributed by atoms with Crippen LogP contribution >= 0.6 is 0 Å². The van der Waals surface area contributed by atoms with Gasteiger partial charge in [0.15, 0.2) is 11.0 Å². The zero-order valence-corrected chi connectivity index (χ0v) is 15.0. The molecule has 1 aliphatic heterocycles. The Balaban J connectivity index is 1.67. The van der Waals surface area contributed by atoms with E-state index in [0.29, 0.717) is 5.56 Å². The Morgan fingerprint density at radius 1 is 1.33 bits per heavy atom. The predicted octanol–water partition coefficient (Wildman–Crippen LogP) is 2.11. The molecule has 3 aromatic rings. The number of pyridine rings is 1. The van der Waals surface area contributed by atoms with Crippen molar-refractivity contribution in [1.29, 1.82) is 0 Å². The minimum atomic E-state index is -4.81. The van der Waals surface area contributed by atoms with Crippen molar-refractivity contribution >= 4 is 11.7 Å². The number of halogens is 3. The molecular formula is C16H12F3N7O4.